The van der Waals surface area contributed by atoms with Crippen molar-refractivity contribution >= 4 is 17.5 Å². The van der Waals surface area contributed by atoms with Crippen LogP contribution in [0.5, 0.6) is 0 Å². The Morgan fingerprint density at radius 1 is 1.42 bits per heavy atom. The van der Waals surface area contributed by atoms with Crippen molar-refractivity contribution in [1.29, 1.82) is 0 Å². The predicted molar refractivity (Wildman–Crippen MR) is 61.0 cm³/mol. The fourth-order valence-corrected chi connectivity index (χ4v) is 1.94. The van der Waals surface area contributed by atoms with Gasteiger partial charge in [0.15, 0.2) is 0 Å². The highest BCUT2D eigenvalue weighted by Gasteiger charge is 2.36. The van der Waals surface area contributed by atoms with Crippen LogP contribution in [-0.4, -0.2) is 29.0 Å². The molecule has 1 fully saturated rings. The minimum absolute atomic E-state index is 0.0589. The maximum Gasteiger partial charge on any atom is 0.451 e. The molecular formula is C10H12F3N5O. The van der Waals surface area contributed by atoms with Crippen LogP contribution in [0.1, 0.15) is 12.2 Å². The van der Waals surface area contributed by atoms with Crippen molar-refractivity contribution in [3.05, 3.63) is 11.9 Å². The normalized spacial score (nSPS) is 19.7. The molecular weight excluding hydrogens is 263 g/mol. The second-order valence-corrected chi connectivity index (χ2v) is 4.31. The lowest BCUT2D eigenvalue weighted by Crippen LogP contribution is -2.28. The highest BCUT2D eigenvalue weighted by Crippen LogP contribution is 2.30. The maximum absolute atomic E-state index is 12.6. The van der Waals surface area contributed by atoms with Crippen molar-refractivity contribution in [2.24, 2.45) is 11.7 Å². The molecule has 1 amide bonds. The number of amides is 1. The van der Waals surface area contributed by atoms with Gasteiger partial charge in [-0.15, -0.1) is 0 Å². The second kappa shape index (κ2) is 4.56. The summed E-state index contributed by atoms with van der Waals surface area (Å²) in [4.78, 5) is 19.2. The highest BCUT2D eigenvalue weighted by molar-refractivity contribution is 5.78. The van der Waals surface area contributed by atoms with Crippen LogP contribution < -0.4 is 16.4 Å². The van der Waals surface area contributed by atoms with Crippen molar-refractivity contribution in [3.63, 3.8) is 0 Å². The van der Waals surface area contributed by atoms with E-state index in [1.54, 1.807) is 4.90 Å². The van der Waals surface area contributed by atoms with Crippen molar-refractivity contribution in [3.8, 4) is 0 Å². The van der Waals surface area contributed by atoms with Gasteiger partial charge in [-0.2, -0.15) is 13.2 Å². The average molecular weight is 275 g/mol. The Morgan fingerprint density at radius 2 is 2.11 bits per heavy atom. The quantitative estimate of drug-likeness (QED) is 0.813. The van der Waals surface area contributed by atoms with E-state index in [2.05, 4.69) is 9.97 Å². The van der Waals surface area contributed by atoms with Gasteiger partial charge in [-0.3, -0.25) is 4.79 Å². The van der Waals surface area contributed by atoms with Gasteiger partial charge in [0.05, 0.1) is 5.92 Å². The van der Waals surface area contributed by atoms with Crippen molar-refractivity contribution < 1.29 is 18.0 Å². The van der Waals surface area contributed by atoms with E-state index in [4.69, 9.17) is 11.5 Å². The topological polar surface area (TPSA) is 98.1 Å². The Bertz CT molecular complexity index is 504. The lowest BCUT2D eigenvalue weighted by Gasteiger charge is -2.18. The number of nitrogens with two attached hydrogens (primary N) is 2. The van der Waals surface area contributed by atoms with E-state index < -0.39 is 17.9 Å². The van der Waals surface area contributed by atoms with Crippen LogP contribution in [0.4, 0.5) is 24.8 Å². The predicted octanol–water partition coefficient (Wildman–Crippen LogP) is 0.389. The summed E-state index contributed by atoms with van der Waals surface area (Å²) in [7, 11) is 0. The molecule has 1 saturated heterocycles. The largest absolute Gasteiger partial charge is 0.451 e. The average Bonchev–Trinajstić information content (AvgIpc) is 2.76. The molecule has 0 radical (unpaired) electrons. The molecule has 0 aliphatic carbocycles. The zero-order valence-electron chi connectivity index (χ0n) is 9.81. The number of hydrogen-bond acceptors (Lipinski definition) is 5. The zero-order valence-corrected chi connectivity index (χ0v) is 9.81. The summed E-state index contributed by atoms with van der Waals surface area (Å²) in [5.41, 5.74) is 10.5. The second-order valence-electron chi connectivity index (χ2n) is 4.31. The summed E-state index contributed by atoms with van der Waals surface area (Å²) in [6.07, 6.45) is -4.17. The molecule has 0 bridgehead atoms. The first-order valence-corrected chi connectivity index (χ1v) is 5.53. The number of anilines is 2. The molecule has 6 nitrogen and oxygen atoms in total. The Kier molecular flexibility index (Phi) is 3.21. The third-order valence-electron chi connectivity index (χ3n) is 2.90. The summed E-state index contributed by atoms with van der Waals surface area (Å²) >= 11 is 0. The first-order chi connectivity index (χ1) is 8.77. The van der Waals surface area contributed by atoms with E-state index in [9.17, 15) is 18.0 Å². The van der Waals surface area contributed by atoms with Gasteiger partial charge in [0, 0.05) is 19.2 Å². The summed E-state index contributed by atoms with van der Waals surface area (Å²) in [5.74, 6) is -2.35. The molecule has 1 aromatic heterocycles. The fraction of sp³-hybridized carbons (Fsp3) is 0.500. The van der Waals surface area contributed by atoms with E-state index in [1.165, 1.54) is 6.07 Å². The molecule has 4 N–H and O–H groups in total. The summed E-state index contributed by atoms with van der Waals surface area (Å²) in [6.45, 7) is 0.643. The van der Waals surface area contributed by atoms with Crippen molar-refractivity contribution in [1.82, 2.24) is 9.97 Å². The molecule has 0 saturated carbocycles. The number of hydrogen-bond donors (Lipinski definition) is 2. The first-order valence-electron chi connectivity index (χ1n) is 5.53. The van der Waals surface area contributed by atoms with Crippen LogP contribution in [0.2, 0.25) is 0 Å². The fourth-order valence-electron chi connectivity index (χ4n) is 1.94. The third-order valence-corrected chi connectivity index (χ3v) is 2.90. The number of alkyl halides is 3. The van der Waals surface area contributed by atoms with E-state index >= 15 is 0 Å². The van der Waals surface area contributed by atoms with E-state index in [-0.39, 0.29) is 24.1 Å². The number of halogens is 3. The summed E-state index contributed by atoms with van der Waals surface area (Å²) < 4.78 is 37.7. The molecule has 0 spiro atoms. The Morgan fingerprint density at radius 3 is 2.63 bits per heavy atom. The summed E-state index contributed by atoms with van der Waals surface area (Å²) in [6, 6.07) is 1.25. The third kappa shape index (κ3) is 2.85. The molecule has 0 aromatic carbocycles. The van der Waals surface area contributed by atoms with Gasteiger partial charge in [-0.05, 0) is 6.42 Å². The van der Waals surface area contributed by atoms with Crippen LogP contribution in [-0.2, 0) is 11.0 Å². The highest BCUT2D eigenvalue weighted by atomic mass is 19.4. The van der Waals surface area contributed by atoms with Crippen LogP contribution in [0, 0.1) is 5.92 Å². The van der Waals surface area contributed by atoms with Gasteiger partial charge in [-0.1, -0.05) is 0 Å². The van der Waals surface area contributed by atoms with Gasteiger partial charge < -0.3 is 16.4 Å². The Balaban J connectivity index is 2.26. The molecule has 1 aliphatic rings. The lowest BCUT2D eigenvalue weighted by molar-refractivity contribution is -0.144. The minimum atomic E-state index is -4.66. The van der Waals surface area contributed by atoms with Gasteiger partial charge in [0.2, 0.25) is 11.7 Å². The van der Waals surface area contributed by atoms with Crippen molar-refractivity contribution in [2.75, 3.05) is 23.7 Å². The van der Waals surface area contributed by atoms with Gasteiger partial charge in [0.1, 0.15) is 11.6 Å². The number of nitrogens with zero attached hydrogens (tertiary/aromatic N) is 3. The van der Waals surface area contributed by atoms with Gasteiger partial charge >= 0.3 is 6.18 Å². The molecule has 1 atom stereocenters. The zero-order chi connectivity index (χ0) is 14.2. The molecule has 1 unspecified atom stereocenters. The van der Waals surface area contributed by atoms with Crippen LogP contribution in [0.25, 0.3) is 0 Å². The van der Waals surface area contributed by atoms with Gasteiger partial charge in [-0.25, -0.2) is 9.97 Å². The molecule has 1 aliphatic heterocycles. The number of rotatable bonds is 2. The smallest absolute Gasteiger partial charge is 0.384 e. The van der Waals surface area contributed by atoms with Gasteiger partial charge in [0.25, 0.3) is 0 Å². The SMILES string of the molecule is NC(=O)C1CCN(c2cc(N)nc(C(F)(F)F)n2)C1. The van der Waals surface area contributed by atoms with E-state index in [0.29, 0.717) is 13.0 Å². The number of primary amides is 1. The van der Waals surface area contributed by atoms with Crippen LogP contribution in [0.3, 0.4) is 0 Å². The minimum Gasteiger partial charge on any atom is -0.384 e. The molecule has 2 heterocycles. The monoisotopic (exact) mass is 275 g/mol. The van der Waals surface area contributed by atoms with E-state index in [0.717, 1.165) is 0 Å². The Labute approximate surface area is 106 Å². The summed E-state index contributed by atoms with van der Waals surface area (Å²) in [5, 5.41) is 0. The van der Waals surface area contributed by atoms with E-state index in [1.807, 2.05) is 0 Å². The lowest BCUT2D eigenvalue weighted by atomic mass is 10.1. The number of carbonyl (C=O) groups is 1. The molecule has 104 valence electrons. The molecule has 1 aromatic rings. The standard InChI is InChI=1S/C10H12F3N5O/c11-10(12,13)9-16-6(14)3-7(17-9)18-2-1-5(4-18)8(15)19/h3,5H,1-2,4H2,(H2,15,19)(H2,14,16,17). The molecule has 9 heteroatoms. The van der Waals surface area contributed by atoms with Crippen LogP contribution in [0.15, 0.2) is 6.07 Å². The number of carbonyl (C=O) groups excluding carboxylic acids is 1. The molecule has 2 rings (SSSR count). The number of nitrogen functional groups attached to an aromatic ring is 1. The Hall–Kier alpha value is -2.06. The molecule has 19 heavy (non-hydrogen) atoms. The van der Waals surface area contributed by atoms with Crippen molar-refractivity contribution in [2.45, 2.75) is 12.6 Å². The van der Waals surface area contributed by atoms with Crippen LogP contribution >= 0.6 is 0 Å². The number of aromatic nitrogens is 2. The first kappa shape index (κ1) is 13.4. The maximum atomic E-state index is 12.6.